The molecule has 1 aromatic heterocycles. The molecule has 1 aromatic rings. The second kappa shape index (κ2) is 7.97. The Morgan fingerprint density at radius 1 is 1.38 bits per heavy atom. The van der Waals surface area contributed by atoms with E-state index in [0.717, 1.165) is 45.0 Å². The first-order valence-electron chi connectivity index (χ1n) is 8.32. The first-order valence-corrected chi connectivity index (χ1v) is 8.32. The van der Waals surface area contributed by atoms with Crippen molar-refractivity contribution >= 4 is 0 Å². The van der Waals surface area contributed by atoms with Gasteiger partial charge in [-0.2, -0.15) is 0 Å². The summed E-state index contributed by atoms with van der Waals surface area (Å²) in [5.41, 5.74) is 1.26. The van der Waals surface area contributed by atoms with Gasteiger partial charge in [0.05, 0.1) is 12.8 Å². The quantitative estimate of drug-likeness (QED) is 0.837. The van der Waals surface area contributed by atoms with Crippen molar-refractivity contribution in [1.29, 1.82) is 0 Å². The van der Waals surface area contributed by atoms with Gasteiger partial charge in [0.15, 0.2) is 0 Å². The van der Waals surface area contributed by atoms with Crippen LogP contribution in [0.3, 0.4) is 0 Å². The maximum absolute atomic E-state index is 5.72. The normalized spacial score (nSPS) is 21.3. The fourth-order valence-corrected chi connectivity index (χ4v) is 3.01. The van der Waals surface area contributed by atoms with Crippen LogP contribution in [0.15, 0.2) is 16.7 Å². The maximum atomic E-state index is 5.72. The number of piperazine rings is 1. The highest BCUT2D eigenvalue weighted by atomic mass is 16.3. The molecular weight excluding hydrogens is 262 g/mol. The van der Waals surface area contributed by atoms with E-state index in [0.29, 0.717) is 12.0 Å². The molecule has 0 bridgehead atoms. The van der Waals surface area contributed by atoms with Crippen LogP contribution in [0.5, 0.6) is 0 Å². The zero-order valence-corrected chi connectivity index (χ0v) is 14.1. The van der Waals surface area contributed by atoms with Gasteiger partial charge >= 0.3 is 0 Å². The lowest BCUT2D eigenvalue weighted by Crippen LogP contribution is -2.51. The van der Waals surface area contributed by atoms with Crippen LogP contribution in [-0.4, -0.2) is 48.6 Å². The van der Waals surface area contributed by atoms with Gasteiger partial charge in [-0.1, -0.05) is 20.8 Å². The maximum Gasteiger partial charge on any atom is 0.118 e. The molecule has 4 heteroatoms. The van der Waals surface area contributed by atoms with Gasteiger partial charge in [0, 0.05) is 37.8 Å². The molecule has 1 unspecified atom stereocenters. The smallest absolute Gasteiger partial charge is 0.118 e. The standard InChI is InChI=1S/C17H31N3O/c1-5-20-7-6-19(11-15(20)4)12-17-8-16(13-21-17)10-18-9-14(2)3/h8,13-15,18H,5-7,9-12H2,1-4H3. The van der Waals surface area contributed by atoms with E-state index in [1.807, 2.05) is 6.26 Å². The van der Waals surface area contributed by atoms with Crippen molar-refractivity contribution in [3.63, 3.8) is 0 Å². The Kier molecular flexibility index (Phi) is 6.27. The number of likely N-dealkylation sites (N-methyl/N-ethyl adjacent to an activating group) is 1. The topological polar surface area (TPSA) is 31.6 Å². The molecule has 4 nitrogen and oxygen atoms in total. The van der Waals surface area contributed by atoms with Crippen LogP contribution in [0.25, 0.3) is 0 Å². The van der Waals surface area contributed by atoms with Crippen molar-refractivity contribution in [3.8, 4) is 0 Å². The summed E-state index contributed by atoms with van der Waals surface area (Å²) in [5.74, 6) is 1.78. The van der Waals surface area contributed by atoms with E-state index < -0.39 is 0 Å². The number of furan rings is 1. The minimum Gasteiger partial charge on any atom is -0.468 e. The number of hydrogen-bond donors (Lipinski definition) is 1. The minimum atomic E-state index is 0.644. The molecule has 1 atom stereocenters. The predicted octanol–water partition coefficient (Wildman–Crippen LogP) is 2.55. The van der Waals surface area contributed by atoms with Crippen LogP contribution in [0, 0.1) is 5.92 Å². The molecule has 0 aliphatic carbocycles. The summed E-state index contributed by atoms with van der Waals surface area (Å²) in [6, 6.07) is 2.84. The van der Waals surface area contributed by atoms with Crippen LogP contribution < -0.4 is 5.32 Å². The fourth-order valence-electron chi connectivity index (χ4n) is 3.01. The molecule has 1 aliphatic rings. The molecule has 2 rings (SSSR count). The second-order valence-corrected chi connectivity index (χ2v) is 6.66. The van der Waals surface area contributed by atoms with Gasteiger partial charge < -0.3 is 9.73 Å². The van der Waals surface area contributed by atoms with Crippen LogP contribution in [0.1, 0.15) is 39.0 Å². The average molecular weight is 293 g/mol. The van der Waals surface area contributed by atoms with E-state index in [4.69, 9.17) is 4.42 Å². The van der Waals surface area contributed by atoms with Crippen molar-refractivity contribution < 1.29 is 4.42 Å². The molecule has 0 amide bonds. The first-order chi connectivity index (χ1) is 10.1. The summed E-state index contributed by atoms with van der Waals surface area (Å²) < 4.78 is 5.72. The molecule has 0 aromatic carbocycles. The van der Waals surface area contributed by atoms with Crippen molar-refractivity contribution in [2.24, 2.45) is 5.92 Å². The summed E-state index contributed by atoms with van der Waals surface area (Å²) in [5, 5.41) is 3.46. The Hall–Kier alpha value is -0.840. The largest absolute Gasteiger partial charge is 0.468 e. The summed E-state index contributed by atoms with van der Waals surface area (Å²) in [6.45, 7) is 16.5. The van der Waals surface area contributed by atoms with Crippen molar-refractivity contribution in [3.05, 3.63) is 23.7 Å². The van der Waals surface area contributed by atoms with Gasteiger partial charge in [-0.25, -0.2) is 0 Å². The zero-order chi connectivity index (χ0) is 15.2. The number of rotatable bonds is 7. The van der Waals surface area contributed by atoms with E-state index in [2.05, 4.69) is 48.9 Å². The van der Waals surface area contributed by atoms with Crippen LogP contribution in [-0.2, 0) is 13.1 Å². The molecule has 120 valence electrons. The minimum absolute atomic E-state index is 0.644. The van der Waals surface area contributed by atoms with Crippen LogP contribution in [0.4, 0.5) is 0 Å². The molecule has 0 spiro atoms. The third-order valence-corrected chi connectivity index (χ3v) is 4.22. The van der Waals surface area contributed by atoms with Crippen LogP contribution >= 0.6 is 0 Å². The molecule has 2 heterocycles. The van der Waals surface area contributed by atoms with Crippen LogP contribution in [0.2, 0.25) is 0 Å². The molecule has 1 fully saturated rings. The molecule has 1 N–H and O–H groups in total. The Balaban J connectivity index is 1.77. The Morgan fingerprint density at radius 3 is 2.86 bits per heavy atom. The lowest BCUT2D eigenvalue weighted by molar-refractivity contribution is 0.0790. The third kappa shape index (κ3) is 5.13. The SMILES string of the molecule is CCN1CCN(Cc2cc(CNCC(C)C)co2)CC1C. The highest BCUT2D eigenvalue weighted by Crippen LogP contribution is 2.15. The Labute approximate surface area is 129 Å². The number of hydrogen-bond acceptors (Lipinski definition) is 4. The van der Waals surface area contributed by atoms with Crippen molar-refractivity contribution in [2.45, 2.75) is 46.8 Å². The number of nitrogens with one attached hydrogen (secondary N) is 1. The molecule has 1 saturated heterocycles. The fraction of sp³-hybridized carbons (Fsp3) is 0.765. The van der Waals surface area contributed by atoms with Crippen molar-refractivity contribution in [2.75, 3.05) is 32.7 Å². The first kappa shape index (κ1) is 16.5. The number of nitrogens with zero attached hydrogens (tertiary/aromatic N) is 2. The zero-order valence-electron chi connectivity index (χ0n) is 14.1. The summed E-state index contributed by atoms with van der Waals surface area (Å²) >= 11 is 0. The summed E-state index contributed by atoms with van der Waals surface area (Å²) in [7, 11) is 0. The van der Waals surface area contributed by atoms with Gasteiger partial charge in [0.25, 0.3) is 0 Å². The summed E-state index contributed by atoms with van der Waals surface area (Å²) in [6.07, 6.45) is 1.90. The molecule has 0 saturated carbocycles. The van der Waals surface area contributed by atoms with Gasteiger partial charge in [-0.15, -0.1) is 0 Å². The second-order valence-electron chi connectivity index (χ2n) is 6.66. The molecule has 1 aliphatic heterocycles. The Morgan fingerprint density at radius 2 is 2.19 bits per heavy atom. The Bertz CT molecular complexity index is 416. The molecule has 0 radical (unpaired) electrons. The average Bonchev–Trinajstić information content (AvgIpc) is 2.86. The van der Waals surface area contributed by atoms with E-state index in [1.54, 1.807) is 0 Å². The molecular formula is C17H31N3O. The summed E-state index contributed by atoms with van der Waals surface area (Å²) in [4.78, 5) is 5.04. The molecule has 21 heavy (non-hydrogen) atoms. The van der Waals surface area contributed by atoms with E-state index >= 15 is 0 Å². The monoisotopic (exact) mass is 293 g/mol. The lowest BCUT2D eigenvalue weighted by Gasteiger charge is -2.38. The van der Waals surface area contributed by atoms with Gasteiger partial charge in [-0.05, 0) is 32.0 Å². The van der Waals surface area contributed by atoms with Gasteiger partial charge in [0.1, 0.15) is 5.76 Å². The van der Waals surface area contributed by atoms with Gasteiger partial charge in [-0.3, -0.25) is 9.80 Å². The van der Waals surface area contributed by atoms with E-state index in [9.17, 15) is 0 Å². The predicted molar refractivity (Wildman–Crippen MR) is 87.2 cm³/mol. The highest BCUT2D eigenvalue weighted by molar-refractivity contribution is 5.12. The van der Waals surface area contributed by atoms with Crippen molar-refractivity contribution in [1.82, 2.24) is 15.1 Å². The lowest BCUT2D eigenvalue weighted by atomic mass is 10.2. The van der Waals surface area contributed by atoms with Gasteiger partial charge in [0.2, 0.25) is 0 Å². The highest BCUT2D eigenvalue weighted by Gasteiger charge is 2.22. The third-order valence-electron chi connectivity index (χ3n) is 4.22. The van der Waals surface area contributed by atoms with E-state index in [1.165, 1.54) is 12.1 Å². The van der Waals surface area contributed by atoms with E-state index in [-0.39, 0.29) is 0 Å².